The molecule has 0 saturated carbocycles. The van der Waals surface area contributed by atoms with Gasteiger partial charge in [0.25, 0.3) is 0 Å². The lowest BCUT2D eigenvalue weighted by Crippen LogP contribution is -2.42. The molecule has 20 heavy (non-hydrogen) atoms. The molecule has 110 valence electrons. The van der Waals surface area contributed by atoms with Gasteiger partial charge in [-0.25, -0.2) is 8.42 Å². The number of nitrogens with zero attached hydrogens (tertiary/aromatic N) is 1. The van der Waals surface area contributed by atoms with E-state index in [0.29, 0.717) is 17.4 Å². The van der Waals surface area contributed by atoms with E-state index in [0.717, 1.165) is 37.1 Å². The molecule has 1 aromatic rings. The molecule has 0 spiro atoms. The van der Waals surface area contributed by atoms with E-state index in [9.17, 15) is 8.42 Å². The minimum atomic E-state index is -3.36. The molecular weight excluding hydrogens is 272 g/mol. The maximum Gasteiger partial charge on any atom is 0.243 e. The Morgan fingerprint density at radius 1 is 1.20 bits per heavy atom. The summed E-state index contributed by atoms with van der Waals surface area (Å²) in [5, 5.41) is 3.35. The minimum absolute atomic E-state index is 0.119. The average molecular weight is 294 g/mol. The zero-order chi connectivity index (χ0) is 14.3. The van der Waals surface area contributed by atoms with E-state index in [1.54, 1.807) is 16.4 Å². The summed E-state index contributed by atoms with van der Waals surface area (Å²) in [6.07, 6.45) is 2.08. The zero-order valence-corrected chi connectivity index (χ0v) is 12.9. The molecule has 0 radical (unpaired) electrons. The van der Waals surface area contributed by atoms with Crippen LogP contribution in [0.25, 0.3) is 0 Å². The molecule has 0 aromatic heterocycles. The summed E-state index contributed by atoms with van der Waals surface area (Å²) in [7, 11) is -3.36. The molecule has 2 bridgehead atoms. The number of hydrogen-bond acceptors (Lipinski definition) is 3. The van der Waals surface area contributed by atoms with Crippen LogP contribution in [0.2, 0.25) is 0 Å². The third-order valence-corrected chi connectivity index (χ3v) is 6.26. The number of nitrogens with one attached hydrogen (secondary N) is 1. The lowest BCUT2D eigenvalue weighted by atomic mass is 10.0. The van der Waals surface area contributed by atoms with Gasteiger partial charge in [-0.05, 0) is 62.4 Å². The lowest BCUT2D eigenvalue weighted by Gasteiger charge is -2.25. The lowest BCUT2D eigenvalue weighted by molar-refractivity contribution is 0.358. The van der Waals surface area contributed by atoms with E-state index >= 15 is 0 Å². The highest BCUT2D eigenvalue weighted by atomic mass is 32.2. The molecule has 2 saturated heterocycles. The maximum atomic E-state index is 12.9. The van der Waals surface area contributed by atoms with E-state index in [4.69, 9.17) is 0 Å². The van der Waals surface area contributed by atoms with Crippen molar-refractivity contribution in [1.29, 1.82) is 0 Å². The van der Waals surface area contributed by atoms with Gasteiger partial charge >= 0.3 is 0 Å². The van der Waals surface area contributed by atoms with Crippen LogP contribution in [0.15, 0.2) is 23.1 Å². The Hall–Kier alpha value is -0.910. The molecule has 2 fully saturated rings. The average Bonchev–Trinajstić information content (AvgIpc) is 2.61. The first-order valence-electron chi connectivity index (χ1n) is 7.27. The highest BCUT2D eigenvalue weighted by Crippen LogP contribution is 2.32. The van der Waals surface area contributed by atoms with Gasteiger partial charge in [0.15, 0.2) is 0 Å². The van der Waals surface area contributed by atoms with Gasteiger partial charge in [-0.15, -0.1) is 0 Å². The van der Waals surface area contributed by atoms with Gasteiger partial charge in [0.05, 0.1) is 4.90 Å². The van der Waals surface area contributed by atoms with Crippen LogP contribution >= 0.6 is 0 Å². The third kappa shape index (κ3) is 2.50. The predicted octanol–water partition coefficient (Wildman–Crippen LogP) is 1.68. The van der Waals surface area contributed by atoms with E-state index in [2.05, 4.69) is 5.32 Å². The summed E-state index contributed by atoms with van der Waals surface area (Å²) in [5.74, 6) is 0.510. The van der Waals surface area contributed by atoms with E-state index in [1.807, 2.05) is 19.9 Å². The van der Waals surface area contributed by atoms with Crippen LogP contribution in [-0.4, -0.2) is 38.4 Å². The van der Waals surface area contributed by atoms with E-state index < -0.39 is 10.0 Å². The molecule has 2 aliphatic rings. The molecule has 0 amide bonds. The van der Waals surface area contributed by atoms with Crippen molar-refractivity contribution in [1.82, 2.24) is 9.62 Å². The first kappa shape index (κ1) is 14.0. The van der Waals surface area contributed by atoms with Gasteiger partial charge in [-0.1, -0.05) is 6.07 Å². The van der Waals surface area contributed by atoms with Crippen LogP contribution in [-0.2, 0) is 10.0 Å². The first-order chi connectivity index (χ1) is 9.46. The standard InChI is InChI=1S/C15H22N2O2S/c1-11-5-12(2)7-15(6-11)20(18,19)17-10-13-3-4-16-9-14(17)8-13/h5-7,13-14,16H,3-4,8-10H2,1-2H3. The quantitative estimate of drug-likeness (QED) is 0.903. The molecule has 2 heterocycles. The van der Waals surface area contributed by atoms with Gasteiger partial charge in [0, 0.05) is 19.1 Å². The van der Waals surface area contributed by atoms with Crippen molar-refractivity contribution < 1.29 is 8.42 Å². The van der Waals surface area contributed by atoms with Gasteiger partial charge in [0.1, 0.15) is 0 Å². The Morgan fingerprint density at radius 2 is 1.90 bits per heavy atom. The fraction of sp³-hybridized carbons (Fsp3) is 0.600. The van der Waals surface area contributed by atoms with Crippen LogP contribution in [0.5, 0.6) is 0 Å². The zero-order valence-electron chi connectivity index (χ0n) is 12.1. The molecule has 0 aliphatic carbocycles. The highest BCUT2D eigenvalue weighted by Gasteiger charge is 2.40. The van der Waals surface area contributed by atoms with Crippen molar-refractivity contribution in [2.24, 2.45) is 5.92 Å². The smallest absolute Gasteiger partial charge is 0.243 e. The van der Waals surface area contributed by atoms with Crippen LogP contribution in [0.1, 0.15) is 24.0 Å². The monoisotopic (exact) mass is 294 g/mol. The van der Waals surface area contributed by atoms with Crippen LogP contribution < -0.4 is 5.32 Å². The Morgan fingerprint density at radius 3 is 2.60 bits per heavy atom. The number of rotatable bonds is 2. The Labute approximate surface area is 121 Å². The van der Waals surface area contributed by atoms with Crippen LogP contribution in [0, 0.1) is 19.8 Å². The van der Waals surface area contributed by atoms with Crippen LogP contribution in [0.3, 0.4) is 0 Å². The Balaban J connectivity index is 1.95. The van der Waals surface area contributed by atoms with Crippen LogP contribution in [0.4, 0.5) is 0 Å². The molecule has 5 heteroatoms. The first-order valence-corrected chi connectivity index (χ1v) is 8.71. The number of sulfonamides is 1. The van der Waals surface area contributed by atoms with Gasteiger partial charge in [-0.3, -0.25) is 0 Å². The SMILES string of the molecule is Cc1cc(C)cc(S(=O)(=O)N2CC3CCNCC2C3)c1. The molecular formula is C15H22N2O2S. The van der Waals surface area contributed by atoms with Crippen molar-refractivity contribution in [3.63, 3.8) is 0 Å². The second-order valence-electron chi connectivity index (χ2n) is 6.15. The normalized spacial score (nSPS) is 27.5. The molecule has 1 aromatic carbocycles. The fourth-order valence-corrected chi connectivity index (χ4v) is 5.36. The molecule has 1 N–H and O–H groups in total. The van der Waals surface area contributed by atoms with Crippen molar-refractivity contribution in [2.75, 3.05) is 19.6 Å². The second-order valence-corrected chi connectivity index (χ2v) is 8.04. The Bertz CT molecular complexity index is 592. The summed E-state index contributed by atoms with van der Waals surface area (Å²) in [6.45, 7) is 6.36. The van der Waals surface area contributed by atoms with Crippen molar-refractivity contribution >= 4 is 10.0 Å². The topological polar surface area (TPSA) is 49.4 Å². The number of fused-ring (bicyclic) bond motifs is 2. The fourth-order valence-electron chi connectivity index (χ4n) is 3.46. The highest BCUT2D eigenvalue weighted by molar-refractivity contribution is 7.89. The summed E-state index contributed by atoms with van der Waals surface area (Å²) >= 11 is 0. The molecule has 3 rings (SSSR count). The molecule has 2 aliphatic heterocycles. The van der Waals surface area contributed by atoms with Crippen molar-refractivity contribution in [3.8, 4) is 0 Å². The van der Waals surface area contributed by atoms with Gasteiger partial charge in [0.2, 0.25) is 10.0 Å². The molecule has 2 unspecified atom stereocenters. The largest absolute Gasteiger partial charge is 0.315 e. The third-order valence-electron chi connectivity index (χ3n) is 4.36. The van der Waals surface area contributed by atoms with Crippen molar-refractivity contribution in [3.05, 3.63) is 29.3 Å². The summed E-state index contributed by atoms with van der Waals surface area (Å²) in [4.78, 5) is 0.446. The molecule has 4 nitrogen and oxygen atoms in total. The van der Waals surface area contributed by atoms with Gasteiger partial charge < -0.3 is 5.32 Å². The Kier molecular flexibility index (Phi) is 3.60. The number of aryl methyl sites for hydroxylation is 2. The maximum absolute atomic E-state index is 12.9. The molecule has 2 atom stereocenters. The number of benzene rings is 1. The summed E-state index contributed by atoms with van der Waals surface area (Å²) in [6, 6.07) is 5.69. The second kappa shape index (κ2) is 5.13. The van der Waals surface area contributed by atoms with Gasteiger partial charge in [-0.2, -0.15) is 4.31 Å². The predicted molar refractivity (Wildman–Crippen MR) is 79.2 cm³/mol. The van der Waals surface area contributed by atoms with E-state index in [1.165, 1.54) is 0 Å². The van der Waals surface area contributed by atoms with Crippen molar-refractivity contribution in [2.45, 2.75) is 37.6 Å². The summed E-state index contributed by atoms with van der Waals surface area (Å²) in [5.41, 5.74) is 2.00. The summed E-state index contributed by atoms with van der Waals surface area (Å²) < 4.78 is 27.5. The van der Waals surface area contributed by atoms with E-state index in [-0.39, 0.29) is 6.04 Å². The minimum Gasteiger partial charge on any atom is -0.315 e. The number of hydrogen-bond donors (Lipinski definition) is 1.